The molecule has 2 aromatic carbocycles. The first-order valence-electron chi connectivity index (χ1n) is 8.09. The number of ether oxygens (including phenoxy) is 3. The molecule has 1 aliphatic rings. The molecule has 0 bridgehead atoms. The second-order valence-corrected chi connectivity index (χ2v) is 6.14. The number of amides is 1. The molecule has 29 heavy (non-hydrogen) atoms. The molecule has 1 N–H and O–H groups in total. The molecule has 0 aliphatic carbocycles. The Balaban J connectivity index is 1.76. The summed E-state index contributed by atoms with van der Waals surface area (Å²) >= 11 is 5.84. The van der Waals surface area contributed by atoms with E-state index in [0.717, 1.165) is 6.08 Å². The van der Waals surface area contributed by atoms with E-state index in [9.17, 15) is 23.7 Å². The fourth-order valence-corrected chi connectivity index (χ4v) is 2.81. The first-order chi connectivity index (χ1) is 13.8. The SMILES string of the molecule is O=C(/C=C/c1cc([N+](=O)[O-])cc2c1OCOC2)Nc1ccc(OC(F)F)c(Cl)c1. The number of benzene rings is 2. The van der Waals surface area contributed by atoms with Gasteiger partial charge in [0, 0.05) is 35.0 Å². The van der Waals surface area contributed by atoms with E-state index in [4.69, 9.17) is 21.1 Å². The van der Waals surface area contributed by atoms with E-state index in [-0.39, 0.29) is 35.5 Å². The van der Waals surface area contributed by atoms with Crippen molar-refractivity contribution in [2.45, 2.75) is 13.2 Å². The molecule has 1 heterocycles. The van der Waals surface area contributed by atoms with Gasteiger partial charge in [0.2, 0.25) is 5.91 Å². The number of fused-ring (bicyclic) bond motifs is 1. The molecular formula is C18H13ClF2N2O6. The van der Waals surface area contributed by atoms with Crippen LogP contribution in [0.4, 0.5) is 20.2 Å². The Morgan fingerprint density at radius 2 is 2.14 bits per heavy atom. The molecule has 8 nitrogen and oxygen atoms in total. The van der Waals surface area contributed by atoms with E-state index in [1.54, 1.807) is 0 Å². The highest BCUT2D eigenvalue weighted by molar-refractivity contribution is 6.32. The number of nitrogens with one attached hydrogen (secondary N) is 1. The second kappa shape index (κ2) is 8.84. The van der Waals surface area contributed by atoms with Gasteiger partial charge in [0.05, 0.1) is 16.6 Å². The highest BCUT2D eigenvalue weighted by Gasteiger charge is 2.20. The Morgan fingerprint density at radius 3 is 2.83 bits per heavy atom. The van der Waals surface area contributed by atoms with Gasteiger partial charge in [-0.2, -0.15) is 8.78 Å². The first-order valence-corrected chi connectivity index (χ1v) is 8.46. The van der Waals surface area contributed by atoms with Crippen LogP contribution >= 0.6 is 11.6 Å². The molecule has 2 aromatic rings. The van der Waals surface area contributed by atoms with Crippen molar-refractivity contribution in [3.8, 4) is 11.5 Å². The van der Waals surface area contributed by atoms with Crippen LogP contribution in [0.3, 0.4) is 0 Å². The van der Waals surface area contributed by atoms with Gasteiger partial charge in [0.1, 0.15) is 11.5 Å². The van der Waals surface area contributed by atoms with Crippen molar-refractivity contribution >= 4 is 35.0 Å². The summed E-state index contributed by atoms with van der Waals surface area (Å²) in [5.74, 6) is -0.406. The predicted octanol–water partition coefficient (Wildman–Crippen LogP) is 4.37. The number of carbonyl (C=O) groups is 1. The van der Waals surface area contributed by atoms with Gasteiger partial charge in [0.15, 0.2) is 6.79 Å². The molecule has 0 unspecified atom stereocenters. The molecule has 0 radical (unpaired) electrons. The minimum atomic E-state index is -3.02. The number of nitro benzene ring substituents is 1. The maximum absolute atomic E-state index is 12.3. The summed E-state index contributed by atoms with van der Waals surface area (Å²) in [5, 5.41) is 13.5. The van der Waals surface area contributed by atoms with Crippen LogP contribution in [-0.4, -0.2) is 24.2 Å². The molecule has 0 spiro atoms. The number of nitrogens with zero attached hydrogens (tertiary/aromatic N) is 1. The maximum atomic E-state index is 12.3. The van der Waals surface area contributed by atoms with E-state index in [1.165, 1.54) is 36.4 Å². The van der Waals surface area contributed by atoms with Crippen molar-refractivity contribution in [1.29, 1.82) is 0 Å². The van der Waals surface area contributed by atoms with E-state index in [0.29, 0.717) is 16.9 Å². The van der Waals surface area contributed by atoms with E-state index in [1.807, 2.05) is 0 Å². The number of rotatable bonds is 6. The number of halogens is 3. The standard InChI is InChI=1S/C18H13ClF2N2O6/c19-14-7-12(2-3-15(14)29-18(20)21)22-16(24)4-1-10-5-13(23(25)26)6-11-8-27-9-28-17(10)11/h1-7,18H,8-9H2,(H,22,24)/b4-1+. The lowest BCUT2D eigenvalue weighted by atomic mass is 10.1. The van der Waals surface area contributed by atoms with E-state index in [2.05, 4.69) is 10.1 Å². The second-order valence-electron chi connectivity index (χ2n) is 5.74. The van der Waals surface area contributed by atoms with Crippen LogP contribution in [0.25, 0.3) is 6.08 Å². The molecule has 1 aliphatic heterocycles. The zero-order valence-electron chi connectivity index (χ0n) is 14.6. The van der Waals surface area contributed by atoms with Crippen molar-refractivity contribution < 1.29 is 32.7 Å². The van der Waals surface area contributed by atoms with E-state index >= 15 is 0 Å². The Bertz CT molecular complexity index is 983. The minimum Gasteiger partial charge on any atom is -0.467 e. The third-order valence-electron chi connectivity index (χ3n) is 3.76. The number of carbonyl (C=O) groups excluding carboxylic acids is 1. The summed E-state index contributed by atoms with van der Waals surface area (Å²) in [6, 6.07) is 6.41. The number of hydrogen-bond donors (Lipinski definition) is 1. The highest BCUT2D eigenvalue weighted by Crippen LogP contribution is 2.33. The fraction of sp³-hybridized carbons (Fsp3) is 0.167. The zero-order chi connectivity index (χ0) is 21.0. The van der Waals surface area contributed by atoms with Crippen LogP contribution in [0.1, 0.15) is 11.1 Å². The molecule has 0 atom stereocenters. The van der Waals surface area contributed by atoms with Crippen LogP contribution in [0.2, 0.25) is 5.02 Å². The third kappa shape index (κ3) is 5.18. The van der Waals surface area contributed by atoms with Gasteiger partial charge in [-0.25, -0.2) is 0 Å². The predicted molar refractivity (Wildman–Crippen MR) is 99.1 cm³/mol. The monoisotopic (exact) mass is 426 g/mol. The van der Waals surface area contributed by atoms with Gasteiger partial charge in [-0.15, -0.1) is 0 Å². The van der Waals surface area contributed by atoms with Crippen molar-refractivity contribution in [3.63, 3.8) is 0 Å². The summed E-state index contributed by atoms with van der Waals surface area (Å²) in [5.41, 5.74) is 0.912. The molecule has 0 fully saturated rings. The molecule has 11 heteroatoms. The molecule has 152 valence electrons. The Morgan fingerprint density at radius 1 is 1.34 bits per heavy atom. The van der Waals surface area contributed by atoms with Crippen molar-refractivity contribution in [1.82, 2.24) is 0 Å². The Hall–Kier alpha value is -3.24. The van der Waals surface area contributed by atoms with Crippen LogP contribution < -0.4 is 14.8 Å². The Labute approximate surface area is 167 Å². The minimum absolute atomic E-state index is 0.0105. The molecule has 0 saturated heterocycles. The van der Waals surface area contributed by atoms with Crippen molar-refractivity contribution in [3.05, 3.63) is 62.7 Å². The highest BCUT2D eigenvalue weighted by atomic mass is 35.5. The normalized spacial score (nSPS) is 13.1. The molecule has 0 aromatic heterocycles. The lowest BCUT2D eigenvalue weighted by Gasteiger charge is -2.19. The fourth-order valence-electron chi connectivity index (χ4n) is 2.58. The summed E-state index contributed by atoms with van der Waals surface area (Å²) in [7, 11) is 0. The summed E-state index contributed by atoms with van der Waals surface area (Å²) in [6.07, 6.45) is 2.51. The van der Waals surface area contributed by atoms with Gasteiger partial charge in [-0.05, 0) is 24.3 Å². The van der Waals surface area contributed by atoms with Gasteiger partial charge < -0.3 is 19.5 Å². The summed E-state index contributed by atoms with van der Waals surface area (Å²) in [4.78, 5) is 22.7. The number of hydrogen-bond acceptors (Lipinski definition) is 6. The quantitative estimate of drug-likeness (QED) is 0.418. The van der Waals surface area contributed by atoms with Gasteiger partial charge in [-0.1, -0.05) is 11.6 Å². The van der Waals surface area contributed by atoms with E-state index < -0.39 is 17.4 Å². The Kier molecular flexibility index (Phi) is 6.25. The summed E-state index contributed by atoms with van der Waals surface area (Å²) < 4.78 is 39.2. The van der Waals surface area contributed by atoms with Gasteiger partial charge in [-0.3, -0.25) is 14.9 Å². The lowest BCUT2D eigenvalue weighted by Crippen LogP contribution is -2.13. The van der Waals surface area contributed by atoms with Crippen LogP contribution in [0.5, 0.6) is 11.5 Å². The molecule has 0 saturated carbocycles. The van der Waals surface area contributed by atoms with Crippen molar-refractivity contribution in [2.75, 3.05) is 12.1 Å². The van der Waals surface area contributed by atoms with Gasteiger partial charge >= 0.3 is 6.61 Å². The zero-order valence-corrected chi connectivity index (χ0v) is 15.3. The largest absolute Gasteiger partial charge is 0.467 e. The molecular weight excluding hydrogens is 414 g/mol. The smallest absolute Gasteiger partial charge is 0.387 e. The maximum Gasteiger partial charge on any atom is 0.387 e. The number of anilines is 1. The topological polar surface area (TPSA) is 99.9 Å². The number of nitro groups is 1. The van der Waals surface area contributed by atoms with Crippen molar-refractivity contribution in [2.24, 2.45) is 0 Å². The van der Waals surface area contributed by atoms with Gasteiger partial charge in [0.25, 0.3) is 5.69 Å². The molecule has 3 rings (SSSR count). The lowest BCUT2D eigenvalue weighted by molar-refractivity contribution is -0.385. The average molecular weight is 427 g/mol. The third-order valence-corrected chi connectivity index (χ3v) is 4.06. The van der Waals surface area contributed by atoms with Crippen LogP contribution in [0.15, 0.2) is 36.4 Å². The first kappa shape index (κ1) is 20.5. The van der Waals surface area contributed by atoms with Crippen LogP contribution in [-0.2, 0) is 16.1 Å². The number of alkyl halides is 2. The average Bonchev–Trinajstić information content (AvgIpc) is 2.67. The number of non-ortho nitro benzene ring substituents is 1. The van der Waals surface area contributed by atoms with Crippen LogP contribution in [0, 0.1) is 10.1 Å². The summed E-state index contributed by atoms with van der Waals surface area (Å²) in [6.45, 7) is -2.89. The molecule has 1 amide bonds.